The molecule has 0 aliphatic heterocycles. The Hall–Kier alpha value is -2.29. The molecule has 1 amide bonds. The number of benzene rings is 2. The number of methoxy groups -OCH3 is 1. The molecule has 0 heterocycles. The van der Waals surface area contributed by atoms with Crippen molar-refractivity contribution < 1.29 is 22.7 Å². The number of nitrogens with one attached hydrogen (secondary N) is 1. The van der Waals surface area contributed by atoms with Crippen LogP contribution in [-0.2, 0) is 14.8 Å². The Kier molecular flexibility index (Phi) is 7.68. The van der Waals surface area contributed by atoms with Gasteiger partial charge in [-0.2, -0.15) is 4.31 Å². The first-order valence-corrected chi connectivity index (χ1v) is 10.5. The summed E-state index contributed by atoms with van der Waals surface area (Å²) in [7, 11) is -2.04. The number of carbonyl (C=O) groups is 1. The van der Waals surface area contributed by atoms with Gasteiger partial charge in [0.2, 0.25) is 10.0 Å². The van der Waals surface area contributed by atoms with Crippen molar-refractivity contribution in [3.05, 3.63) is 47.5 Å². The molecule has 0 radical (unpaired) electrons. The highest BCUT2D eigenvalue weighted by molar-refractivity contribution is 7.89. The SMILES string of the molecule is CCN(CC)S(=O)(=O)c1ccc(OCC(=O)Nc2cc(Cl)ccc2OC)cc1. The Morgan fingerprint density at radius 2 is 1.75 bits per heavy atom. The van der Waals surface area contributed by atoms with E-state index in [-0.39, 0.29) is 11.5 Å². The fourth-order valence-electron chi connectivity index (χ4n) is 2.53. The maximum Gasteiger partial charge on any atom is 0.262 e. The molecule has 0 aromatic heterocycles. The molecule has 0 aliphatic rings. The summed E-state index contributed by atoms with van der Waals surface area (Å²) in [6, 6.07) is 10.8. The molecule has 0 bridgehead atoms. The maximum absolute atomic E-state index is 12.5. The van der Waals surface area contributed by atoms with Gasteiger partial charge in [-0.15, -0.1) is 0 Å². The van der Waals surface area contributed by atoms with Gasteiger partial charge in [0.05, 0.1) is 17.7 Å². The van der Waals surface area contributed by atoms with Crippen molar-refractivity contribution in [3.63, 3.8) is 0 Å². The number of hydrogen-bond donors (Lipinski definition) is 1. The minimum absolute atomic E-state index is 0.177. The molecule has 9 heteroatoms. The van der Waals surface area contributed by atoms with E-state index in [0.717, 1.165) is 0 Å². The summed E-state index contributed by atoms with van der Waals surface area (Å²) in [5.41, 5.74) is 0.435. The first-order chi connectivity index (χ1) is 13.3. The van der Waals surface area contributed by atoms with E-state index in [1.54, 1.807) is 32.0 Å². The van der Waals surface area contributed by atoms with E-state index in [1.807, 2.05) is 0 Å². The van der Waals surface area contributed by atoms with Crippen molar-refractivity contribution in [2.24, 2.45) is 0 Å². The average molecular weight is 427 g/mol. The number of halogens is 1. The van der Waals surface area contributed by atoms with Gasteiger partial charge in [0.15, 0.2) is 6.61 Å². The van der Waals surface area contributed by atoms with Gasteiger partial charge in [-0.05, 0) is 42.5 Å². The molecule has 28 heavy (non-hydrogen) atoms. The molecule has 0 saturated heterocycles. The second-order valence-corrected chi connectivity index (χ2v) is 8.12. The Labute approximate surface area is 170 Å². The third kappa shape index (κ3) is 5.37. The predicted octanol–water partition coefficient (Wildman–Crippen LogP) is 3.40. The van der Waals surface area contributed by atoms with Crippen molar-refractivity contribution in [2.45, 2.75) is 18.7 Å². The van der Waals surface area contributed by atoms with E-state index in [0.29, 0.717) is 35.3 Å². The molecule has 2 aromatic carbocycles. The Morgan fingerprint density at radius 3 is 2.32 bits per heavy atom. The third-order valence-electron chi connectivity index (χ3n) is 3.97. The molecule has 0 atom stereocenters. The number of ether oxygens (including phenoxy) is 2. The zero-order chi connectivity index (χ0) is 20.7. The van der Waals surface area contributed by atoms with Crippen molar-refractivity contribution in [3.8, 4) is 11.5 Å². The van der Waals surface area contributed by atoms with Crippen LogP contribution in [0.15, 0.2) is 47.4 Å². The lowest BCUT2D eigenvalue weighted by atomic mass is 10.3. The van der Waals surface area contributed by atoms with Crippen LogP contribution in [0.1, 0.15) is 13.8 Å². The highest BCUT2D eigenvalue weighted by atomic mass is 35.5. The molecule has 152 valence electrons. The second-order valence-electron chi connectivity index (χ2n) is 5.74. The normalized spacial score (nSPS) is 11.3. The van der Waals surface area contributed by atoms with Gasteiger partial charge in [0.1, 0.15) is 11.5 Å². The van der Waals surface area contributed by atoms with Crippen LogP contribution in [0.2, 0.25) is 5.02 Å². The number of hydrogen-bond acceptors (Lipinski definition) is 5. The Balaban J connectivity index is 2.00. The van der Waals surface area contributed by atoms with E-state index in [1.165, 1.54) is 35.7 Å². The van der Waals surface area contributed by atoms with Crippen LogP contribution < -0.4 is 14.8 Å². The second kappa shape index (κ2) is 9.77. The first kappa shape index (κ1) is 22.0. The van der Waals surface area contributed by atoms with Gasteiger partial charge in [-0.3, -0.25) is 4.79 Å². The van der Waals surface area contributed by atoms with E-state index in [9.17, 15) is 13.2 Å². The quantitative estimate of drug-likeness (QED) is 0.664. The van der Waals surface area contributed by atoms with Crippen LogP contribution in [-0.4, -0.2) is 45.4 Å². The monoisotopic (exact) mass is 426 g/mol. The molecular weight excluding hydrogens is 404 g/mol. The summed E-state index contributed by atoms with van der Waals surface area (Å²) in [4.78, 5) is 12.3. The average Bonchev–Trinajstić information content (AvgIpc) is 2.67. The molecule has 1 N–H and O–H groups in total. The van der Waals surface area contributed by atoms with Crippen LogP contribution in [0.4, 0.5) is 5.69 Å². The summed E-state index contributed by atoms with van der Waals surface area (Å²) < 4.78 is 36.9. The van der Waals surface area contributed by atoms with E-state index >= 15 is 0 Å². The van der Waals surface area contributed by atoms with Gasteiger partial charge >= 0.3 is 0 Å². The molecule has 0 fully saturated rings. The number of amides is 1. The Morgan fingerprint density at radius 1 is 1.11 bits per heavy atom. The molecule has 0 spiro atoms. The molecule has 2 rings (SSSR count). The highest BCUT2D eigenvalue weighted by Crippen LogP contribution is 2.27. The van der Waals surface area contributed by atoms with Crippen molar-refractivity contribution in [1.82, 2.24) is 4.31 Å². The topological polar surface area (TPSA) is 84.9 Å². The van der Waals surface area contributed by atoms with Gasteiger partial charge < -0.3 is 14.8 Å². The fraction of sp³-hybridized carbons (Fsp3) is 0.316. The first-order valence-electron chi connectivity index (χ1n) is 8.68. The van der Waals surface area contributed by atoms with Gasteiger partial charge in [-0.25, -0.2) is 8.42 Å². The molecule has 0 saturated carbocycles. The molecular formula is C19H23ClN2O5S. The lowest BCUT2D eigenvalue weighted by Crippen LogP contribution is -2.30. The lowest BCUT2D eigenvalue weighted by molar-refractivity contribution is -0.118. The number of carbonyl (C=O) groups excluding carboxylic acids is 1. The fourth-order valence-corrected chi connectivity index (χ4v) is 4.16. The predicted molar refractivity (Wildman–Crippen MR) is 109 cm³/mol. The van der Waals surface area contributed by atoms with Crippen LogP contribution in [0.25, 0.3) is 0 Å². The van der Waals surface area contributed by atoms with Crippen molar-refractivity contribution in [2.75, 3.05) is 32.1 Å². The zero-order valence-corrected chi connectivity index (χ0v) is 17.5. The number of anilines is 1. The standard InChI is InChI=1S/C19H23ClN2O5S/c1-4-22(5-2)28(24,25)16-9-7-15(8-10-16)27-13-19(23)21-17-12-14(20)6-11-18(17)26-3/h6-12H,4-5,13H2,1-3H3,(H,21,23). The minimum Gasteiger partial charge on any atom is -0.495 e. The van der Waals surface area contributed by atoms with Crippen molar-refractivity contribution >= 4 is 33.2 Å². The molecule has 2 aromatic rings. The summed E-state index contributed by atoms with van der Waals surface area (Å²) in [6.45, 7) is 4.10. The van der Waals surface area contributed by atoms with E-state index < -0.39 is 15.9 Å². The van der Waals surface area contributed by atoms with Crippen LogP contribution in [0, 0.1) is 0 Å². The lowest BCUT2D eigenvalue weighted by Gasteiger charge is -2.18. The zero-order valence-electron chi connectivity index (χ0n) is 15.9. The van der Waals surface area contributed by atoms with Crippen LogP contribution >= 0.6 is 11.6 Å². The van der Waals surface area contributed by atoms with E-state index in [2.05, 4.69) is 5.32 Å². The van der Waals surface area contributed by atoms with Gasteiger partial charge in [0, 0.05) is 18.1 Å². The minimum atomic E-state index is -3.53. The van der Waals surface area contributed by atoms with E-state index in [4.69, 9.17) is 21.1 Å². The molecule has 7 nitrogen and oxygen atoms in total. The number of sulfonamides is 1. The van der Waals surface area contributed by atoms with Gasteiger partial charge in [0.25, 0.3) is 5.91 Å². The number of rotatable bonds is 9. The van der Waals surface area contributed by atoms with Gasteiger partial charge in [-0.1, -0.05) is 25.4 Å². The summed E-state index contributed by atoms with van der Waals surface area (Å²) >= 11 is 5.93. The maximum atomic E-state index is 12.5. The smallest absolute Gasteiger partial charge is 0.262 e. The van der Waals surface area contributed by atoms with Crippen molar-refractivity contribution in [1.29, 1.82) is 0 Å². The van der Waals surface area contributed by atoms with Crippen LogP contribution in [0.3, 0.4) is 0 Å². The third-order valence-corrected chi connectivity index (χ3v) is 6.27. The molecule has 0 unspecified atom stereocenters. The largest absolute Gasteiger partial charge is 0.495 e. The summed E-state index contributed by atoms with van der Waals surface area (Å²) in [5, 5.41) is 3.12. The number of nitrogens with zero attached hydrogens (tertiary/aromatic N) is 1. The summed E-state index contributed by atoms with van der Waals surface area (Å²) in [5.74, 6) is 0.454. The van der Waals surface area contributed by atoms with Crippen LogP contribution in [0.5, 0.6) is 11.5 Å². The highest BCUT2D eigenvalue weighted by Gasteiger charge is 2.21. The Bertz CT molecular complexity index is 912. The molecule has 0 aliphatic carbocycles. The summed E-state index contributed by atoms with van der Waals surface area (Å²) in [6.07, 6.45) is 0.